The Labute approximate surface area is 303 Å². The topological polar surface area (TPSA) is 163 Å². The van der Waals surface area contributed by atoms with E-state index in [-0.39, 0.29) is 57.7 Å². The molecule has 0 unspecified atom stereocenters. The first-order chi connectivity index (χ1) is 24.6. The highest BCUT2D eigenvalue weighted by Crippen LogP contribution is 2.38. The third kappa shape index (κ3) is 7.95. The number of fused-ring (bicyclic) bond motifs is 1. The van der Waals surface area contributed by atoms with Crippen molar-refractivity contribution in [2.45, 2.75) is 38.1 Å². The van der Waals surface area contributed by atoms with Crippen LogP contribution in [-0.2, 0) is 21.2 Å². The van der Waals surface area contributed by atoms with E-state index in [4.69, 9.17) is 10.5 Å². The van der Waals surface area contributed by atoms with E-state index < -0.39 is 21.7 Å². The second kappa shape index (κ2) is 15.3. The maximum Gasteiger partial charge on any atom is 0.269 e. The van der Waals surface area contributed by atoms with Gasteiger partial charge in [0.05, 0.1) is 35.5 Å². The lowest BCUT2D eigenvalue weighted by Crippen LogP contribution is -2.36. The van der Waals surface area contributed by atoms with E-state index in [1.54, 1.807) is 41.8 Å². The van der Waals surface area contributed by atoms with E-state index in [0.29, 0.717) is 24.4 Å². The first-order valence-electron chi connectivity index (χ1n) is 16.5. The molecule has 1 aromatic heterocycles. The van der Waals surface area contributed by atoms with E-state index in [2.05, 4.69) is 27.5 Å². The molecular formula is C37H43FN8O5S. The van der Waals surface area contributed by atoms with Crippen LogP contribution in [0.4, 0.5) is 27.3 Å². The maximum absolute atomic E-state index is 15.0. The Morgan fingerprint density at radius 2 is 1.81 bits per heavy atom. The molecule has 0 spiro atoms. The first kappa shape index (κ1) is 37.6. The molecule has 1 aliphatic heterocycles. The fourth-order valence-corrected chi connectivity index (χ4v) is 7.07. The van der Waals surface area contributed by atoms with Gasteiger partial charge in [0.1, 0.15) is 34.6 Å². The van der Waals surface area contributed by atoms with Crippen LogP contribution in [0.1, 0.15) is 40.9 Å². The van der Waals surface area contributed by atoms with E-state index in [0.717, 1.165) is 26.9 Å². The van der Waals surface area contributed by atoms with Crippen LogP contribution >= 0.6 is 0 Å². The molecule has 2 heterocycles. The molecule has 0 saturated carbocycles. The zero-order chi connectivity index (χ0) is 37.9. The summed E-state index contributed by atoms with van der Waals surface area (Å²) in [6, 6.07) is 15.1. The predicted molar refractivity (Wildman–Crippen MR) is 202 cm³/mol. The van der Waals surface area contributed by atoms with Gasteiger partial charge in [0.15, 0.2) is 0 Å². The second-order valence-electron chi connectivity index (χ2n) is 12.9. The van der Waals surface area contributed by atoms with Gasteiger partial charge < -0.3 is 36.2 Å². The number of aliphatic imine (C=N–C) groups is 1. The van der Waals surface area contributed by atoms with Crippen molar-refractivity contribution in [1.29, 1.82) is 0 Å². The Morgan fingerprint density at radius 1 is 1.10 bits per heavy atom. The zero-order valence-electron chi connectivity index (χ0n) is 30.0. The number of likely N-dealkylation sites (N-methyl/N-ethyl adjacent to an activating group) is 1. The normalized spacial score (nSPS) is 12.9. The second-order valence-corrected chi connectivity index (χ2v) is 14.7. The first-order valence-corrected chi connectivity index (χ1v) is 17.9. The number of nitrogens with zero attached hydrogens (tertiary/aromatic N) is 4. The molecule has 274 valence electrons. The molecule has 1 aliphatic rings. The van der Waals surface area contributed by atoms with Gasteiger partial charge in [-0.15, -0.1) is 0 Å². The van der Waals surface area contributed by atoms with E-state index in [9.17, 15) is 22.4 Å². The smallest absolute Gasteiger partial charge is 0.269 e. The number of ether oxygens (including phenoxy) is 1. The number of hydrogen-bond donors (Lipinski definition) is 4. The lowest BCUT2D eigenvalue weighted by molar-refractivity contribution is -0.119. The van der Waals surface area contributed by atoms with Crippen LogP contribution in [0.3, 0.4) is 0 Å². The monoisotopic (exact) mass is 730 g/mol. The summed E-state index contributed by atoms with van der Waals surface area (Å²) in [4.78, 5) is 33.9. The van der Waals surface area contributed by atoms with Gasteiger partial charge in [-0.1, -0.05) is 30.3 Å². The fraction of sp³-hybridized carbons (Fsp3) is 0.270. The highest BCUT2D eigenvalue weighted by molar-refractivity contribution is 7.90. The molecule has 0 radical (unpaired) electrons. The molecule has 5 N–H and O–H groups in total. The van der Waals surface area contributed by atoms with Gasteiger partial charge in [-0.25, -0.2) is 21.8 Å². The summed E-state index contributed by atoms with van der Waals surface area (Å²) in [6.45, 7) is 10.2. The van der Waals surface area contributed by atoms with Gasteiger partial charge in [-0.2, -0.15) is 0 Å². The molecule has 5 rings (SSSR count). The maximum atomic E-state index is 15.0. The Kier molecular flexibility index (Phi) is 11.1. The number of nitrogens with one attached hydrogen (secondary N) is 3. The third-order valence-electron chi connectivity index (χ3n) is 8.19. The molecule has 2 amide bonds. The largest absolute Gasteiger partial charge is 0.495 e. The highest BCUT2D eigenvalue weighted by atomic mass is 32.2. The summed E-state index contributed by atoms with van der Waals surface area (Å²) in [5.41, 5.74) is 9.27. The number of aryl methyl sites for hydroxylation is 1. The minimum Gasteiger partial charge on any atom is -0.495 e. The van der Waals surface area contributed by atoms with E-state index >= 15 is 0 Å². The number of anilines is 3. The summed E-state index contributed by atoms with van der Waals surface area (Å²) in [7, 11) is 0.968. The third-order valence-corrected chi connectivity index (χ3v) is 9.88. The lowest BCUT2D eigenvalue weighted by Gasteiger charge is -2.22. The SMILES string of the molecule is C=C(Nc1cc2c(cc1OC)CCN2C(=O)CN(C)C)Nc1c(C(N)=Nc2cccc(F)c2C(=O)NC(C)C)ccn1S(=O)(=O)c1ccc(C)cc1. The zero-order valence-corrected chi connectivity index (χ0v) is 30.8. The number of methoxy groups -OCH3 is 1. The molecule has 52 heavy (non-hydrogen) atoms. The van der Waals surface area contributed by atoms with Crippen LogP contribution < -0.4 is 31.3 Å². The van der Waals surface area contributed by atoms with Crippen LogP contribution in [0.2, 0.25) is 0 Å². The number of carbonyl (C=O) groups excluding carboxylic acids is 2. The number of benzene rings is 3. The Balaban J connectivity index is 1.56. The molecular weight excluding hydrogens is 688 g/mol. The highest BCUT2D eigenvalue weighted by Gasteiger charge is 2.28. The van der Waals surface area contributed by atoms with Crippen molar-refractivity contribution in [1.82, 2.24) is 14.2 Å². The van der Waals surface area contributed by atoms with Crippen LogP contribution in [0.5, 0.6) is 5.75 Å². The average Bonchev–Trinajstić information content (AvgIpc) is 3.68. The minimum atomic E-state index is -4.20. The molecule has 3 aromatic carbocycles. The van der Waals surface area contributed by atoms with Crippen LogP contribution in [0.25, 0.3) is 0 Å². The Hall–Kier alpha value is -5.67. The summed E-state index contributed by atoms with van der Waals surface area (Å²) in [5.74, 6) is -1.18. The van der Waals surface area contributed by atoms with Crippen molar-refractivity contribution in [2.24, 2.45) is 10.7 Å². The van der Waals surface area contributed by atoms with Gasteiger partial charge in [-0.3, -0.25) is 9.59 Å². The van der Waals surface area contributed by atoms with Gasteiger partial charge in [-0.05, 0) is 89.3 Å². The number of amides is 2. The van der Waals surface area contributed by atoms with Crippen LogP contribution in [0, 0.1) is 12.7 Å². The van der Waals surface area contributed by atoms with Gasteiger partial charge in [0, 0.05) is 24.5 Å². The summed E-state index contributed by atoms with van der Waals surface area (Å²) < 4.78 is 49.7. The number of carbonyl (C=O) groups is 2. The van der Waals surface area contributed by atoms with E-state index in [1.165, 1.54) is 43.6 Å². The number of hydrogen-bond acceptors (Lipinski definition) is 9. The van der Waals surface area contributed by atoms with Crippen molar-refractivity contribution in [2.75, 3.05) is 49.8 Å². The Morgan fingerprint density at radius 3 is 2.46 bits per heavy atom. The Bertz CT molecular complexity index is 2160. The molecule has 0 aliphatic carbocycles. The van der Waals surface area contributed by atoms with Crippen molar-refractivity contribution >= 4 is 50.6 Å². The minimum absolute atomic E-state index is 0.0120. The molecule has 0 fully saturated rings. The number of rotatable bonds is 13. The van der Waals surface area contributed by atoms with Gasteiger partial charge >= 0.3 is 0 Å². The molecule has 0 bridgehead atoms. The van der Waals surface area contributed by atoms with Crippen molar-refractivity contribution in [3.05, 3.63) is 107 Å². The van der Waals surface area contributed by atoms with E-state index in [1.807, 2.05) is 27.1 Å². The quantitative estimate of drug-likeness (QED) is 0.112. The van der Waals surface area contributed by atoms with Crippen molar-refractivity contribution < 1.29 is 27.1 Å². The number of nitrogens with two attached hydrogens (primary N) is 1. The number of amidine groups is 1. The molecule has 0 atom stereocenters. The standard InChI is InChI=1S/C37H43FN8O5S/c1-22(2)40-37(48)34-28(38)9-8-10-29(34)43-35(39)27-16-18-46(52(49,50)26-13-11-23(3)12-14-26)36(27)42-24(4)41-30-20-31-25(19-32(30)51-7)15-17-45(31)33(47)21-44(5)6/h8-14,16,18-20,22,41-42H,4,15,17,21H2,1-3,5-7H3,(H2,39,43)(H,40,48). The number of aromatic nitrogens is 1. The lowest BCUT2D eigenvalue weighted by atomic mass is 10.1. The molecule has 4 aromatic rings. The van der Waals surface area contributed by atoms with Crippen LogP contribution in [-0.4, -0.2) is 75.3 Å². The van der Waals surface area contributed by atoms with Gasteiger partial charge in [0.25, 0.3) is 15.9 Å². The molecule has 13 nitrogen and oxygen atoms in total. The van der Waals surface area contributed by atoms with Crippen molar-refractivity contribution in [3.8, 4) is 5.75 Å². The fourth-order valence-electron chi connectivity index (χ4n) is 5.76. The predicted octanol–water partition coefficient (Wildman–Crippen LogP) is 4.80. The number of halogens is 1. The summed E-state index contributed by atoms with van der Waals surface area (Å²) in [5, 5.41) is 8.85. The van der Waals surface area contributed by atoms with Crippen molar-refractivity contribution in [3.63, 3.8) is 0 Å². The molecule has 15 heteroatoms. The van der Waals surface area contributed by atoms with Gasteiger partial charge in [0.2, 0.25) is 5.91 Å². The van der Waals surface area contributed by atoms with Crippen LogP contribution in [0.15, 0.2) is 89.1 Å². The summed E-state index contributed by atoms with van der Waals surface area (Å²) in [6.07, 6.45) is 1.97. The average molecular weight is 731 g/mol. The summed E-state index contributed by atoms with van der Waals surface area (Å²) >= 11 is 0. The molecule has 0 saturated heterocycles.